The van der Waals surface area contributed by atoms with Crippen molar-refractivity contribution < 1.29 is 4.74 Å². The summed E-state index contributed by atoms with van der Waals surface area (Å²) in [6, 6.07) is 3.44. The molecule has 146 valence electrons. The number of ether oxygens (including phenoxy) is 1. The molecule has 0 fully saturated rings. The summed E-state index contributed by atoms with van der Waals surface area (Å²) < 4.78 is 5.71. The van der Waals surface area contributed by atoms with Crippen LogP contribution in [-0.2, 0) is 4.74 Å². The normalized spacial score (nSPS) is 14.3. The van der Waals surface area contributed by atoms with Crippen LogP contribution in [0.5, 0.6) is 0 Å². The van der Waals surface area contributed by atoms with Crippen molar-refractivity contribution in [2.75, 3.05) is 7.11 Å². The highest BCUT2D eigenvalue weighted by Gasteiger charge is 2.42. The van der Waals surface area contributed by atoms with E-state index in [9.17, 15) is 0 Å². The van der Waals surface area contributed by atoms with Crippen molar-refractivity contribution in [3.8, 4) is 35.3 Å². The number of terminal acetylenes is 1. The summed E-state index contributed by atoms with van der Waals surface area (Å²) in [6.07, 6.45) is 5.88. The largest absolute Gasteiger partial charge is 0.345 e. The summed E-state index contributed by atoms with van der Waals surface area (Å²) in [7, 11) is -1.82. The fourth-order valence-corrected chi connectivity index (χ4v) is 11.9. The van der Waals surface area contributed by atoms with E-state index in [2.05, 4.69) is 91.2 Å². The van der Waals surface area contributed by atoms with E-state index in [1.54, 1.807) is 7.11 Å². The quantitative estimate of drug-likeness (QED) is 0.368. The van der Waals surface area contributed by atoms with Crippen molar-refractivity contribution in [2.45, 2.75) is 103 Å². The Bertz CT molecular complexity index is 570. The van der Waals surface area contributed by atoms with Gasteiger partial charge in [0.05, 0.1) is 0 Å². The van der Waals surface area contributed by atoms with Crippen molar-refractivity contribution in [3.05, 3.63) is 0 Å². The van der Waals surface area contributed by atoms with E-state index in [0.29, 0.717) is 16.6 Å². The van der Waals surface area contributed by atoms with Gasteiger partial charge in [-0.3, -0.25) is 0 Å². The predicted octanol–water partition coefficient (Wildman–Crippen LogP) is 6.28. The van der Waals surface area contributed by atoms with E-state index < -0.39 is 21.7 Å². The van der Waals surface area contributed by atoms with Gasteiger partial charge in [0.1, 0.15) is 16.1 Å². The van der Waals surface area contributed by atoms with Crippen LogP contribution in [0.3, 0.4) is 0 Å². The predicted molar refractivity (Wildman–Crippen MR) is 122 cm³/mol. The van der Waals surface area contributed by atoms with Crippen molar-refractivity contribution >= 4 is 16.1 Å². The zero-order valence-electron chi connectivity index (χ0n) is 18.8. The van der Waals surface area contributed by atoms with Gasteiger partial charge in [-0.1, -0.05) is 62.3 Å². The molecule has 0 heterocycles. The first-order valence-corrected chi connectivity index (χ1v) is 15.0. The molecule has 0 aliphatic carbocycles. The van der Waals surface area contributed by atoms with E-state index in [0.717, 1.165) is 18.1 Å². The third kappa shape index (κ3) is 5.30. The van der Waals surface area contributed by atoms with Crippen LogP contribution in [0.4, 0.5) is 0 Å². The van der Waals surface area contributed by atoms with E-state index in [4.69, 9.17) is 11.2 Å². The Morgan fingerprint density at radius 1 is 0.808 bits per heavy atom. The number of hydrogen-bond acceptors (Lipinski definition) is 1. The van der Waals surface area contributed by atoms with Crippen LogP contribution in [0.1, 0.15) is 62.3 Å². The van der Waals surface area contributed by atoms with Crippen LogP contribution >= 0.6 is 0 Å². The van der Waals surface area contributed by atoms with Crippen LogP contribution < -0.4 is 0 Å². The van der Waals surface area contributed by atoms with Crippen LogP contribution in [0, 0.1) is 35.3 Å². The minimum Gasteiger partial charge on any atom is -0.345 e. The van der Waals surface area contributed by atoms with E-state index in [1.807, 2.05) is 0 Å². The second kappa shape index (κ2) is 10.4. The number of rotatable bonds is 7. The van der Waals surface area contributed by atoms with E-state index in [-0.39, 0.29) is 0 Å². The lowest BCUT2D eigenvalue weighted by Crippen LogP contribution is -2.44. The molecule has 1 unspecified atom stereocenters. The molecule has 0 N–H and O–H groups in total. The van der Waals surface area contributed by atoms with Crippen molar-refractivity contribution in [3.63, 3.8) is 0 Å². The van der Waals surface area contributed by atoms with Gasteiger partial charge >= 0.3 is 0 Å². The topological polar surface area (TPSA) is 9.23 Å². The Balaban J connectivity index is 6.35. The zero-order chi connectivity index (χ0) is 20.6. The molecule has 1 atom stereocenters. The van der Waals surface area contributed by atoms with Gasteiger partial charge in [-0.25, -0.2) is 0 Å². The molecule has 0 aromatic heterocycles. The average molecular weight is 389 g/mol. The third-order valence-electron chi connectivity index (χ3n) is 6.36. The Kier molecular flexibility index (Phi) is 10.0. The van der Waals surface area contributed by atoms with E-state index in [1.165, 1.54) is 0 Å². The monoisotopic (exact) mass is 388 g/mol. The molecule has 0 saturated carbocycles. The molecule has 0 saturated heterocycles. The van der Waals surface area contributed by atoms with Crippen LogP contribution in [0.25, 0.3) is 0 Å². The molecule has 26 heavy (non-hydrogen) atoms. The van der Waals surface area contributed by atoms with E-state index >= 15 is 0 Å². The maximum absolute atomic E-state index is 5.88. The Morgan fingerprint density at radius 3 is 1.46 bits per heavy atom. The van der Waals surface area contributed by atoms with Crippen molar-refractivity contribution in [2.24, 2.45) is 0 Å². The Hall–Kier alpha value is -0.926. The van der Waals surface area contributed by atoms with Gasteiger partial charge in [0.15, 0.2) is 0 Å². The molecule has 0 radical (unpaired) electrons. The summed E-state index contributed by atoms with van der Waals surface area (Å²) in [6.45, 7) is 20.6. The lowest BCUT2D eigenvalue weighted by molar-refractivity contribution is 0.139. The van der Waals surface area contributed by atoms with Crippen molar-refractivity contribution in [1.29, 1.82) is 0 Å². The smallest absolute Gasteiger partial charge is 0.252 e. The second-order valence-electron chi connectivity index (χ2n) is 8.27. The SMILES string of the molecule is C#CC(C#C[Si](CC)(CC)CC)(C#C[Si](C(C)C)(C(C)C)C(C)C)OC. The summed E-state index contributed by atoms with van der Waals surface area (Å²) in [4.78, 5) is 0. The lowest BCUT2D eigenvalue weighted by Gasteiger charge is -2.38. The first-order valence-electron chi connectivity index (χ1n) is 10.2. The molecule has 0 bridgehead atoms. The molecule has 0 rings (SSSR count). The van der Waals surface area contributed by atoms with Crippen molar-refractivity contribution in [1.82, 2.24) is 0 Å². The van der Waals surface area contributed by atoms with Crippen LogP contribution in [0.15, 0.2) is 0 Å². The molecule has 0 aliphatic rings. The highest BCUT2D eigenvalue weighted by molar-refractivity contribution is 6.90. The molecule has 0 amide bonds. The number of methoxy groups -OCH3 is 1. The highest BCUT2D eigenvalue weighted by atomic mass is 28.3. The standard InChI is InChI=1S/C23H40OSi2/c1-12-23(24-11,16-18-25(13-2,14-3)15-4)17-19-26(20(5)6,21(7)8)22(9)10/h1,20-22H,13-15H2,2-11H3. The molecule has 0 aromatic rings. The van der Waals surface area contributed by atoms with Gasteiger partial charge in [-0.15, -0.1) is 17.5 Å². The Morgan fingerprint density at radius 2 is 1.19 bits per heavy atom. The van der Waals surface area contributed by atoms with Gasteiger partial charge in [0.2, 0.25) is 0 Å². The molecule has 3 heteroatoms. The minimum absolute atomic E-state index is 0.561. The lowest BCUT2D eigenvalue weighted by atomic mass is 10.1. The van der Waals surface area contributed by atoms with Gasteiger partial charge in [-0.05, 0) is 52.5 Å². The molecular weight excluding hydrogens is 348 g/mol. The molecular formula is C23H40OSi2. The molecule has 0 aromatic carbocycles. The molecule has 0 aliphatic heterocycles. The maximum atomic E-state index is 5.88. The summed E-state index contributed by atoms with van der Waals surface area (Å²) >= 11 is 0. The van der Waals surface area contributed by atoms with Gasteiger partial charge in [0, 0.05) is 7.11 Å². The first-order chi connectivity index (χ1) is 12.0. The molecule has 0 spiro atoms. The number of hydrogen-bond donors (Lipinski definition) is 0. The maximum Gasteiger partial charge on any atom is 0.252 e. The summed E-state index contributed by atoms with van der Waals surface area (Å²) in [5.41, 5.74) is 7.89. The van der Waals surface area contributed by atoms with Crippen LogP contribution in [-0.4, -0.2) is 28.9 Å². The highest BCUT2D eigenvalue weighted by Crippen LogP contribution is 2.40. The second-order valence-corrected chi connectivity index (χ2v) is 18.8. The summed E-state index contributed by atoms with van der Waals surface area (Å²) in [5.74, 6) is 9.46. The Labute approximate surface area is 166 Å². The third-order valence-corrected chi connectivity index (χ3v) is 17.4. The fraction of sp³-hybridized carbons (Fsp3) is 0.739. The first kappa shape index (κ1) is 25.1. The fourth-order valence-electron chi connectivity index (χ4n) is 4.13. The van der Waals surface area contributed by atoms with Gasteiger partial charge in [-0.2, -0.15) is 0 Å². The van der Waals surface area contributed by atoms with Crippen LogP contribution in [0.2, 0.25) is 34.8 Å². The average Bonchev–Trinajstić information content (AvgIpc) is 2.61. The van der Waals surface area contributed by atoms with Gasteiger partial charge in [0.25, 0.3) is 5.60 Å². The van der Waals surface area contributed by atoms with Gasteiger partial charge < -0.3 is 4.74 Å². The molecule has 1 nitrogen and oxygen atoms in total. The zero-order valence-corrected chi connectivity index (χ0v) is 20.8. The minimum atomic E-state index is -1.86. The summed E-state index contributed by atoms with van der Waals surface area (Å²) in [5, 5.41) is 0.